The van der Waals surface area contributed by atoms with Crippen molar-refractivity contribution in [1.29, 1.82) is 0 Å². The molecule has 0 bridgehead atoms. The summed E-state index contributed by atoms with van der Waals surface area (Å²) in [5, 5.41) is 3.42. The average Bonchev–Trinajstić information content (AvgIpc) is 2.70. The summed E-state index contributed by atoms with van der Waals surface area (Å²) >= 11 is 0. The van der Waals surface area contributed by atoms with Crippen molar-refractivity contribution in [3.8, 4) is 0 Å². The highest BCUT2D eigenvalue weighted by Gasteiger charge is 1.97. The quantitative estimate of drug-likeness (QED) is 0.775. The first-order chi connectivity index (χ1) is 7.27. The molecule has 0 radical (unpaired) electrons. The Kier molecular flexibility index (Phi) is 5.12. The van der Waals surface area contributed by atoms with Crippen LogP contribution in [0.15, 0.2) is 18.6 Å². The van der Waals surface area contributed by atoms with Gasteiger partial charge in [-0.2, -0.15) is 0 Å². The van der Waals surface area contributed by atoms with Crippen LogP contribution in [0.25, 0.3) is 6.08 Å². The van der Waals surface area contributed by atoms with Crippen molar-refractivity contribution in [3.05, 3.63) is 24.3 Å². The molecule has 1 atom stereocenters. The largest absolute Gasteiger partial charge is 0.331 e. The van der Waals surface area contributed by atoms with Gasteiger partial charge in [-0.3, -0.25) is 0 Å². The van der Waals surface area contributed by atoms with E-state index in [1.807, 2.05) is 12.5 Å². The molecule has 1 heterocycles. The van der Waals surface area contributed by atoms with Crippen LogP contribution in [0.4, 0.5) is 0 Å². The van der Waals surface area contributed by atoms with Crippen LogP contribution in [0.5, 0.6) is 0 Å². The number of hydrogen-bond acceptors (Lipinski definition) is 2. The molecule has 0 saturated heterocycles. The van der Waals surface area contributed by atoms with E-state index < -0.39 is 0 Å². The number of nitrogens with one attached hydrogen (secondary N) is 1. The molecule has 0 aliphatic carbocycles. The Morgan fingerprint density at radius 3 is 3.00 bits per heavy atom. The van der Waals surface area contributed by atoms with Crippen molar-refractivity contribution in [2.24, 2.45) is 0 Å². The second kappa shape index (κ2) is 6.40. The molecule has 0 spiro atoms. The third kappa shape index (κ3) is 3.88. The van der Waals surface area contributed by atoms with Gasteiger partial charge < -0.3 is 9.88 Å². The van der Waals surface area contributed by atoms with Gasteiger partial charge in [0.2, 0.25) is 0 Å². The van der Waals surface area contributed by atoms with Crippen molar-refractivity contribution in [2.75, 3.05) is 6.54 Å². The molecule has 1 N–H and O–H groups in total. The van der Waals surface area contributed by atoms with Crippen LogP contribution in [0.2, 0.25) is 0 Å². The Balaban J connectivity index is 2.49. The summed E-state index contributed by atoms with van der Waals surface area (Å²) < 4.78 is 2.13. The van der Waals surface area contributed by atoms with Crippen LogP contribution in [-0.4, -0.2) is 22.1 Å². The molecule has 3 nitrogen and oxygen atoms in total. The predicted molar refractivity (Wildman–Crippen MR) is 64.7 cm³/mol. The van der Waals surface area contributed by atoms with Crippen molar-refractivity contribution < 1.29 is 0 Å². The van der Waals surface area contributed by atoms with E-state index in [4.69, 9.17) is 0 Å². The van der Waals surface area contributed by atoms with Gasteiger partial charge in [0.15, 0.2) is 0 Å². The fourth-order valence-electron chi connectivity index (χ4n) is 1.42. The lowest BCUT2D eigenvalue weighted by Crippen LogP contribution is -2.24. The fourth-order valence-corrected chi connectivity index (χ4v) is 1.42. The Hall–Kier alpha value is -1.09. The van der Waals surface area contributed by atoms with Crippen LogP contribution in [0.1, 0.15) is 32.9 Å². The molecule has 0 aromatic carbocycles. The smallest absolute Gasteiger partial charge is 0.0950 e. The molecule has 1 unspecified atom stereocenters. The number of rotatable bonds is 6. The van der Waals surface area contributed by atoms with E-state index in [1.165, 1.54) is 12.1 Å². The Bertz CT molecular complexity index is 302. The van der Waals surface area contributed by atoms with Crippen LogP contribution in [-0.2, 0) is 6.54 Å². The van der Waals surface area contributed by atoms with E-state index in [-0.39, 0.29) is 0 Å². The van der Waals surface area contributed by atoms with Gasteiger partial charge in [0.25, 0.3) is 0 Å². The lowest BCUT2D eigenvalue weighted by atomic mass is 10.2. The highest BCUT2D eigenvalue weighted by atomic mass is 15.0. The summed E-state index contributed by atoms with van der Waals surface area (Å²) in [7, 11) is 0. The Labute approximate surface area is 92.2 Å². The molecule has 0 aliphatic rings. The summed E-state index contributed by atoms with van der Waals surface area (Å²) in [6, 6.07) is 0.421. The molecule has 1 rings (SSSR count). The normalized spacial score (nSPS) is 13.5. The van der Waals surface area contributed by atoms with Gasteiger partial charge in [0.1, 0.15) is 0 Å². The lowest BCUT2D eigenvalue weighted by Gasteiger charge is -2.07. The van der Waals surface area contributed by atoms with Gasteiger partial charge in [0.05, 0.1) is 18.2 Å². The highest BCUT2D eigenvalue weighted by Crippen LogP contribution is 2.02. The molecule has 0 saturated carbocycles. The van der Waals surface area contributed by atoms with Crippen LogP contribution in [0.3, 0.4) is 0 Å². The third-order valence-corrected chi connectivity index (χ3v) is 2.36. The van der Waals surface area contributed by atoms with E-state index in [0.29, 0.717) is 6.04 Å². The molecule has 1 aromatic rings. The second-order valence-electron chi connectivity index (χ2n) is 3.71. The molecule has 0 amide bonds. The maximum absolute atomic E-state index is 4.12. The standard InChI is InChI=1S/C12H21N3/c1-4-8-14-11(3)6-7-12-9-13-10-15(12)5-2/h6-7,9-11,14H,4-5,8H2,1-3H3/b7-6+. The Morgan fingerprint density at radius 2 is 2.33 bits per heavy atom. The van der Waals surface area contributed by atoms with Gasteiger partial charge >= 0.3 is 0 Å². The zero-order valence-corrected chi connectivity index (χ0v) is 9.90. The van der Waals surface area contributed by atoms with Crippen molar-refractivity contribution in [2.45, 2.75) is 39.8 Å². The number of imidazole rings is 1. The van der Waals surface area contributed by atoms with Gasteiger partial charge in [0, 0.05) is 12.6 Å². The summed E-state index contributed by atoms with van der Waals surface area (Å²) in [6.07, 6.45) is 9.24. The molecular weight excluding hydrogens is 186 g/mol. The fraction of sp³-hybridized carbons (Fsp3) is 0.583. The highest BCUT2D eigenvalue weighted by molar-refractivity contribution is 5.44. The molecule has 84 valence electrons. The minimum atomic E-state index is 0.421. The van der Waals surface area contributed by atoms with Gasteiger partial charge in [-0.15, -0.1) is 0 Å². The predicted octanol–water partition coefficient (Wildman–Crippen LogP) is 2.30. The molecule has 15 heavy (non-hydrogen) atoms. The molecule has 0 aliphatic heterocycles. The number of aryl methyl sites for hydroxylation is 1. The lowest BCUT2D eigenvalue weighted by molar-refractivity contribution is 0.625. The first-order valence-electron chi connectivity index (χ1n) is 5.69. The summed E-state index contributed by atoms with van der Waals surface area (Å²) in [5.74, 6) is 0. The van der Waals surface area contributed by atoms with E-state index in [2.05, 4.69) is 47.8 Å². The van der Waals surface area contributed by atoms with Gasteiger partial charge in [-0.25, -0.2) is 4.98 Å². The molecule has 0 fully saturated rings. The van der Waals surface area contributed by atoms with Crippen LogP contribution in [0, 0.1) is 0 Å². The average molecular weight is 207 g/mol. The minimum absolute atomic E-state index is 0.421. The van der Waals surface area contributed by atoms with Gasteiger partial charge in [-0.05, 0) is 32.9 Å². The van der Waals surface area contributed by atoms with Gasteiger partial charge in [-0.1, -0.05) is 13.0 Å². The topological polar surface area (TPSA) is 29.9 Å². The zero-order valence-electron chi connectivity index (χ0n) is 9.90. The number of aromatic nitrogens is 2. The monoisotopic (exact) mass is 207 g/mol. The van der Waals surface area contributed by atoms with Crippen molar-refractivity contribution >= 4 is 6.08 Å². The first-order valence-corrected chi connectivity index (χ1v) is 5.69. The third-order valence-electron chi connectivity index (χ3n) is 2.36. The first kappa shape index (κ1) is 12.0. The second-order valence-corrected chi connectivity index (χ2v) is 3.71. The van der Waals surface area contributed by atoms with E-state index in [1.54, 1.807) is 0 Å². The summed E-state index contributed by atoms with van der Waals surface area (Å²) in [4.78, 5) is 4.12. The van der Waals surface area contributed by atoms with E-state index >= 15 is 0 Å². The Morgan fingerprint density at radius 1 is 1.53 bits per heavy atom. The maximum Gasteiger partial charge on any atom is 0.0950 e. The maximum atomic E-state index is 4.12. The minimum Gasteiger partial charge on any atom is -0.331 e. The summed E-state index contributed by atoms with van der Waals surface area (Å²) in [6.45, 7) is 8.50. The van der Waals surface area contributed by atoms with Crippen LogP contribution < -0.4 is 5.32 Å². The SMILES string of the molecule is CCCNC(C)/C=C/c1cncn1CC. The number of nitrogens with zero attached hydrogens (tertiary/aromatic N) is 2. The number of hydrogen-bond donors (Lipinski definition) is 1. The molecular formula is C12H21N3. The van der Waals surface area contributed by atoms with Crippen molar-refractivity contribution in [3.63, 3.8) is 0 Å². The molecule has 3 heteroatoms. The van der Waals surface area contributed by atoms with E-state index in [9.17, 15) is 0 Å². The zero-order chi connectivity index (χ0) is 11.1. The van der Waals surface area contributed by atoms with Crippen molar-refractivity contribution in [1.82, 2.24) is 14.9 Å². The van der Waals surface area contributed by atoms with Crippen LogP contribution >= 0.6 is 0 Å². The summed E-state index contributed by atoms with van der Waals surface area (Å²) in [5.41, 5.74) is 1.17. The molecule has 1 aromatic heterocycles. The van der Waals surface area contributed by atoms with E-state index in [0.717, 1.165) is 13.1 Å².